The van der Waals surface area contributed by atoms with Crippen molar-refractivity contribution in [2.45, 2.75) is 59.3 Å². The normalized spacial score (nSPS) is 14.5. The van der Waals surface area contributed by atoms with Gasteiger partial charge in [0.05, 0.1) is 5.56 Å². The standard InChI is InChI=1S/C22H34FNO2/c1-5-16(2)8-6-9-17(3)10-7-11-18(4)15-24-19-12-13-20(22(25)26)21(23)14-19/h5,12-14,16-18,24H,1,6-11,15H2,2-4H3,(H,25,26). The number of anilines is 1. The highest BCUT2D eigenvalue weighted by Crippen LogP contribution is 2.20. The van der Waals surface area contributed by atoms with Gasteiger partial charge in [0.15, 0.2) is 0 Å². The van der Waals surface area contributed by atoms with Gasteiger partial charge in [0.1, 0.15) is 5.82 Å². The summed E-state index contributed by atoms with van der Waals surface area (Å²) in [5.74, 6) is -0.0806. The smallest absolute Gasteiger partial charge is 0.338 e. The van der Waals surface area contributed by atoms with E-state index in [0.29, 0.717) is 17.5 Å². The van der Waals surface area contributed by atoms with E-state index >= 15 is 0 Å². The molecule has 0 aliphatic rings. The molecular formula is C22H34FNO2. The first-order chi connectivity index (χ1) is 12.3. The molecule has 146 valence electrons. The summed E-state index contributed by atoms with van der Waals surface area (Å²) in [7, 11) is 0. The van der Waals surface area contributed by atoms with Crippen LogP contribution in [0.3, 0.4) is 0 Å². The Kier molecular flexibility index (Phi) is 10.0. The minimum atomic E-state index is -1.24. The quantitative estimate of drug-likeness (QED) is 0.400. The van der Waals surface area contributed by atoms with Gasteiger partial charge in [-0.2, -0.15) is 0 Å². The van der Waals surface area contributed by atoms with Crippen LogP contribution in [0.15, 0.2) is 30.9 Å². The van der Waals surface area contributed by atoms with Gasteiger partial charge < -0.3 is 10.4 Å². The second kappa shape index (κ2) is 11.7. The third kappa shape index (κ3) is 8.50. The average molecular weight is 364 g/mol. The zero-order valence-electron chi connectivity index (χ0n) is 16.4. The van der Waals surface area contributed by atoms with E-state index in [2.05, 4.69) is 32.7 Å². The zero-order valence-corrected chi connectivity index (χ0v) is 16.4. The van der Waals surface area contributed by atoms with Gasteiger partial charge in [-0.05, 0) is 48.8 Å². The molecule has 0 saturated carbocycles. The van der Waals surface area contributed by atoms with Crippen LogP contribution in [0.5, 0.6) is 0 Å². The van der Waals surface area contributed by atoms with Gasteiger partial charge in [-0.3, -0.25) is 0 Å². The molecule has 0 amide bonds. The van der Waals surface area contributed by atoms with Crippen molar-refractivity contribution in [1.82, 2.24) is 0 Å². The third-order valence-electron chi connectivity index (χ3n) is 5.01. The van der Waals surface area contributed by atoms with Crippen molar-refractivity contribution in [2.75, 3.05) is 11.9 Å². The van der Waals surface area contributed by atoms with E-state index < -0.39 is 11.8 Å². The highest BCUT2D eigenvalue weighted by Gasteiger charge is 2.11. The maximum atomic E-state index is 13.7. The molecule has 26 heavy (non-hydrogen) atoms. The van der Waals surface area contributed by atoms with Crippen LogP contribution in [0, 0.1) is 23.6 Å². The van der Waals surface area contributed by atoms with Crippen LogP contribution < -0.4 is 5.32 Å². The van der Waals surface area contributed by atoms with Crippen molar-refractivity contribution in [2.24, 2.45) is 17.8 Å². The summed E-state index contributed by atoms with van der Waals surface area (Å²) in [6.45, 7) is 11.3. The molecule has 0 aliphatic heterocycles. The summed E-state index contributed by atoms with van der Waals surface area (Å²) in [5, 5.41) is 12.0. The van der Waals surface area contributed by atoms with Gasteiger partial charge in [-0.1, -0.05) is 52.5 Å². The molecule has 3 nitrogen and oxygen atoms in total. The maximum absolute atomic E-state index is 13.7. The number of carbonyl (C=O) groups is 1. The summed E-state index contributed by atoms with van der Waals surface area (Å²) in [6, 6.07) is 4.17. The van der Waals surface area contributed by atoms with Crippen LogP contribution >= 0.6 is 0 Å². The molecule has 1 aromatic rings. The average Bonchev–Trinajstić information content (AvgIpc) is 2.59. The topological polar surface area (TPSA) is 49.3 Å². The summed E-state index contributed by atoms with van der Waals surface area (Å²) in [6.07, 6.45) is 9.38. The van der Waals surface area contributed by atoms with Crippen molar-refractivity contribution >= 4 is 11.7 Å². The number of halogens is 1. The number of rotatable bonds is 13. The Morgan fingerprint density at radius 2 is 1.77 bits per heavy atom. The van der Waals surface area contributed by atoms with Crippen LogP contribution in [0.1, 0.15) is 69.7 Å². The molecule has 0 radical (unpaired) electrons. The largest absolute Gasteiger partial charge is 0.478 e. The summed E-state index contributed by atoms with van der Waals surface area (Å²) in [4.78, 5) is 10.8. The van der Waals surface area contributed by atoms with E-state index in [-0.39, 0.29) is 5.56 Å². The molecule has 0 spiro atoms. The minimum Gasteiger partial charge on any atom is -0.478 e. The zero-order chi connectivity index (χ0) is 19.5. The first-order valence-corrected chi connectivity index (χ1v) is 9.72. The van der Waals surface area contributed by atoms with Gasteiger partial charge in [0, 0.05) is 12.2 Å². The van der Waals surface area contributed by atoms with Gasteiger partial charge in [0.25, 0.3) is 0 Å². The highest BCUT2D eigenvalue weighted by atomic mass is 19.1. The Labute approximate surface area is 157 Å². The lowest BCUT2D eigenvalue weighted by Crippen LogP contribution is -2.12. The number of nitrogens with one attached hydrogen (secondary N) is 1. The monoisotopic (exact) mass is 363 g/mol. The number of benzene rings is 1. The van der Waals surface area contributed by atoms with Crippen molar-refractivity contribution in [3.63, 3.8) is 0 Å². The predicted octanol–water partition coefficient (Wildman–Crippen LogP) is 6.37. The molecule has 0 aromatic heterocycles. The molecule has 1 aromatic carbocycles. The molecule has 4 heteroatoms. The lowest BCUT2D eigenvalue weighted by atomic mass is 9.93. The fourth-order valence-corrected chi connectivity index (χ4v) is 3.06. The van der Waals surface area contributed by atoms with E-state index in [1.165, 1.54) is 44.2 Å². The van der Waals surface area contributed by atoms with E-state index in [1.807, 2.05) is 6.08 Å². The number of carboxylic acid groups (broad SMARTS) is 1. The third-order valence-corrected chi connectivity index (χ3v) is 5.01. The summed E-state index contributed by atoms with van der Waals surface area (Å²) < 4.78 is 13.7. The fourth-order valence-electron chi connectivity index (χ4n) is 3.06. The van der Waals surface area contributed by atoms with Crippen LogP contribution in [0.25, 0.3) is 0 Å². The minimum absolute atomic E-state index is 0.292. The van der Waals surface area contributed by atoms with E-state index in [1.54, 1.807) is 6.07 Å². The SMILES string of the molecule is C=CC(C)CCCC(C)CCCC(C)CNc1ccc(C(=O)O)c(F)c1. The number of hydrogen-bond acceptors (Lipinski definition) is 2. The molecule has 3 atom stereocenters. The lowest BCUT2D eigenvalue weighted by Gasteiger charge is -2.16. The molecule has 0 saturated heterocycles. The molecule has 0 heterocycles. The first kappa shape index (κ1) is 22.2. The van der Waals surface area contributed by atoms with Crippen molar-refractivity contribution in [3.8, 4) is 0 Å². The lowest BCUT2D eigenvalue weighted by molar-refractivity contribution is 0.0692. The Hall–Kier alpha value is -1.84. The molecule has 1 rings (SSSR count). The number of carboxylic acids is 1. The van der Waals surface area contributed by atoms with Crippen LogP contribution in [0.2, 0.25) is 0 Å². The van der Waals surface area contributed by atoms with E-state index in [9.17, 15) is 9.18 Å². The molecule has 0 fully saturated rings. The van der Waals surface area contributed by atoms with Gasteiger partial charge in [0.2, 0.25) is 0 Å². The Balaban J connectivity index is 2.22. The van der Waals surface area contributed by atoms with Gasteiger partial charge in [-0.15, -0.1) is 6.58 Å². The van der Waals surface area contributed by atoms with E-state index in [4.69, 9.17) is 5.11 Å². The Morgan fingerprint density at radius 3 is 2.35 bits per heavy atom. The molecule has 3 unspecified atom stereocenters. The second-order valence-electron chi connectivity index (χ2n) is 7.67. The summed E-state index contributed by atoms with van der Waals surface area (Å²) >= 11 is 0. The summed E-state index contributed by atoms with van der Waals surface area (Å²) in [5.41, 5.74) is 0.337. The van der Waals surface area contributed by atoms with Crippen molar-refractivity contribution < 1.29 is 14.3 Å². The number of hydrogen-bond donors (Lipinski definition) is 2. The Morgan fingerprint density at radius 1 is 1.15 bits per heavy atom. The van der Waals surface area contributed by atoms with Crippen molar-refractivity contribution in [3.05, 3.63) is 42.2 Å². The number of aromatic carboxylic acids is 1. The first-order valence-electron chi connectivity index (χ1n) is 9.72. The van der Waals surface area contributed by atoms with E-state index in [0.717, 1.165) is 18.9 Å². The maximum Gasteiger partial charge on any atom is 0.338 e. The van der Waals surface area contributed by atoms with Crippen molar-refractivity contribution in [1.29, 1.82) is 0 Å². The fraction of sp³-hybridized carbons (Fsp3) is 0.591. The predicted molar refractivity (Wildman–Crippen MR) is 107 cm³/mol. The Bertz CT molecular complexity index is 573. The van der Waals surface area contributed by atoms with Crippen LogP contribution in [-0.4, -0.2) is 17.6 Å². The molecule has 0 bridgehead atoms. The van der Waals surface area contributed by atoms with Crippen LogP contribution in [-0.2, 0) is 0 Å². The van der Waals surface area contributed by atoms with Crippen LogP contribution in [0.4, 0.5) is 10.1 Å². The molecule has 2 N–H and O–H groups in total. The highest BCUT2D eigenvalue weighted by molar-refractivity contribution is 5.88. The molecule has 0 aliphatic carbocycles. The van der Waals surface area contributed by atoms with Gasteiger partial charge in [-0.25, -0.2) is 9.18 Å². The molecular weight excluding hydrogens is 329 g/mol. The van der Waals surface area contributed by atoms with Gasteiger partial charge >= 0.3 is 5.97 Å². The second-order valence-corrected chi connectivity index (χ2v) is 7.67. The number of allylic oxidation sites excluding steroid dienone is 1.